The lowest BCUT2D eigenvalue weighted by molar-refractivity contribution is 0.564. The maximum atomic E-state index is 13.5. The van der Waals surface area contributed by atoms with E-state index in [2.05, 4.69) is 47.0 Å². The zero-order chi connectivity index (χ0) is 19.3. The fourth-order valence-corrected chi connectivity index (χ4v) is 3.58. The first kappa shape index (κ1) is 16.8. The van der Waals surface area contributed by atoms with E-state index >= 15 is 0 Å². The number of rotatable bonds is 2. The van der Waals surface area contributed by atoms with Gasteiger partial charge in [-0.25, -0.2) is 9.49 Å². The molecule has 138 valence electrons. The minimum atomic E-state index is -0.546. The molecule has 8 nitrogen and oxygen atoms in total. The van der Waals surface area contributed by atoms with E-state index in [-0.39, 0.29) is 5.82 Å². The Bertz CT molecular complexity index is 1230. The summed E-state index contributed by atoms with van der Waals surface area (Å²) in [6, 6.07) is 13.0. The largest absolute Gasteiger partial charge is 0.318 e. The van der Waals surface area contributed by atoms with Crippen LogP contribution in [0.5, 0.6) is 0 Å². The van der Waals surface area contributed by atoms with Crippen LogP contribution in [0.15, 0.2) is 57.8 Å². The molecule has 0 aliphatic carbocycles. The Hall–Kier alpha value is -3.40. The molecule has 1 aliphatic heterocycles. The third kappa shape index (κ3) is 2.61. The zero-order valence-corrected chi connectivity index (χ0v) is 15.7. The van der Waals surface area contributed by atoms with Crippen molar-refractivity contribution in [1.82, 2.24) is 30.4 Å². The van der Waals surface area contributed by atoms with E-state index in [4.69, 9.17) is 0 Å². The fourth-order valence-electron chi connectivity index (χ4n) is 3.32. The molecule has 2 aromatic carbocycles. The molecule has 5 rings (SSSR count). The average Bonchev–Trinajstić information content (AvgIpc) is 3.17. The molecule has 0 saturated carbocycles. The van der Waals surface area contributed by atoms with Gasteiger partial charge in [0.05, 0.1) is 5.69 Å². The highest BCUT2D eigenvalue weighted by Gasteiger charge is 2.34. The Kier molecular flexibility index (Phi) is 3.79. The number of halogens is 2. The molecule has 0 bridgehead atoms. The van der Waals surface area contributed by atoms with Gasteiger partial charge in [0.25, 0.3) is 5.56 Å². The predicted octanol–water partition coefficient (Wildman–Crippen LogP) is 3.02. The van der Waals surface area contributed by atoms with Crippen LogP contribution in [0.1, 0.15) is 17.2 Å². The summed E-state index contributed by atoms with van der Waals surface area (Å²) in [5, 5.41) is 21.5. The fraction of sp³-hybridized carbons (Fsp3) is 0.0556. The SMILES string of the molecule is O=c1[nH]nc(-c2ccc(Br)cc2)c2c1Nc1nnnn1[C@@H]2c1ccc(F)cc1. The third-order valence-electron chi connectivity index (χ3n) is 4.57. The lowest BCUT2D eigenvalue weighted by Crippen LogP contribution is -2.29. The highest BCUT2D eigenvalue weighted by molar-refractivity contribution is 9.10. The second-order valence-electron chi connectivity index (χ2n) is 6.22. The Labute approximate surface area is 165 Å². The van der Waals surface area contributed by atoms with E-state index < -0.39 is 11.6 Å². The predicted molar refractivity (Wildman–Crippen MR) is 103 cm³/mol. The van der Waals surface area contributed by atoms with Crippen molar-refractivity contribution in [2.24, 2.45) is 0 Å². The highest BCUT2D eigenvalue weighted by Crippen LogP contribution is 2.41. The van der Waals surface area contributed by atoms with Crippen molar-refractivity contribution in [3.8, 4) is 11.3 Å². The first-order valence-corrected chi connectivity index (χ1v) is 9.10. The second-order valence-corrected chi connectivity index (χ2v) is 7.14. The van der Waals surface area contributed by atoms with E-state index in [0.29, 0.717) is 22.9 Å². The molecule has 0 unspecified atom stereocenters. The van der Waals surface area contributed by atoms with E-state index in [9.17, 15) is 9.18 Å². The van der Waals surface area contributed by atoms with Crippen LogP contribution in [-0.2, 0) is 0 Å². The average molecular weight is 440 g/mol. The van der Waals surface area contributed by atoms with Gasteiger partial charge in [0.2, 0.25) is 5.95 Å². The molecule has 0 radical (unpaired) electrons. The first-order valence-electron chi connectivity index (χ1n) is 8.30. The number of aromatic amines is 1. The monoisotopic (exact) mass is 439 g/mol. The van der Waals surface area contributed by atoms with Crippen LogP contribution in [-0.4, -0.2) is 30.4 Å². The number of nitrogens with one attached hydrogen (secondary N) is 2. The van der Waals surface area contributed by atoms with Gasteiger partial charge in [0.1, 0.15) is 17.5 Å². The molecule has 0 saturated heterocycles. The molecule has 4 aromatic rings. The van der Waals surface area contributed by atoms with Gasteiger partial charge >= 0.3 is 0 Å². The number of H-pyrrole nitrogens is 1. The van der Waals surface area contributed by atoms with Crippen LogP contribution in [0.4, 0.5) is 16.0 Å². The third-order valence-corrected chi connectivity index (χ3v) is 5.10. The zero-order valence-electron chi connectivity index (χ0n) is 14.1. The normalized spacial score (nSPS) is 14.9. The number of hydrogen-bond acceptors (Lipinski definition) is 6. The molecule has 1 aliphatic rings. The van der Waals surface area contributed by atoms with Gasteiger partial charge in [0, 0.05) is 15.6 Å². The minimum absolute atomic E-state index is 0.310. The van der Waals surface area contributed by atoms with Crippen molar-refractivity contribution in [1.29, 1.82) is 0 Å². The van der Waals surface area contributed by atoms with Gasteiger partial charge in [-0.3, -0.25) is 4.79 Å². The number of nitrogens with zero attached hydrogens (tertiary/aromatic N) is 5. The van der Waals surface area contributed by atoms with E-state index in [0.717, 1.165) is 15.6 Å². The molecule has 2 aromatic heterocycles. The summed E-state index contributed by atoms with van der Waals surface area (Å²) >= 11 is 3.42. The molecule has 0 spiro atoms. The summed E-state index contributed by atoms with van der Waals surface area (Å²) in [7, 11) is 0. The Morgan fingerprint density at radius 3 is 2.57 bits per heavy atom. The molecule has 0 amide bonds. The summed E-state index contributed by atoms with van der Waals surface area (Å²) in [6.45, 7) is 0. The van der Waals surface area contributed by atoms with Crippen molar-refractivity contribution < 1.29 is 4.39 Å². The Morgan fingerprint density at radius 2 is 1.82 bits per heavy atom. The number of tetrazole rings is 1. The van der Waals surface area contributed by atoms with Gasteiger partial charge in [-0.2, -0.15) is 9.78 Å². The summed E-state index contributed by atoms with van der Waals surface area (Å²) in [5.74, 6) is -0.0349. The second kappa shape index (κ2) is 6.34. The van der Waals surface area contributed by atoms with Crippen LogP contribution < -0.4 is 10.9 Å². The number of benzene rings is 2. The van der Waals surface area contributed by atoms with Crippen LogP contribution >= 0.6 is 15.9 Å². The molecule has 1 atom stereocenters. The maximum absolute atomic E-state index is 13.5. The van der Waals surface area contributed by atoms with Crippen LogP contribution in [0, 0.1) is 5.82 Å². The standard InChI is InChI=1S/C18H11BrFN7O/c19-11-5-1-9(2-6-11)14-13-15(17(28)23-22-14)21-18-24-25-26-27(18)16(13)10-3-7-12(20)8-4-10/h1-8,16H,(H,23,28)(H,21,24,26)/t16-/m1/s1. The lowest BCUT2D eigenvalue weighted by atomic mass is 9.92. The van der Waals surface area contributed by atoms with E-state index in [1.54, 1.807) is 16.8 Å². The number of aromatic nitrogens is 6. The molecule has 28 heavy (non-hydrogen) atoms. The van der Waals surface area contributed by atoms with Crippen molar-refractivity contribution >= 4 is 27.6 Å². The maximum Gasteiger partial charge on any atom is 0.288 e. The molecule has 10 heteroatoms. The Balaban J connectivity index is 1.81. The highest BCUT2D eigenvalue weighted by atomic mass is 79.9. The molecule has 0 fully saturated rings. The summed E-state index contributed by atoms with van der Waals surface area (Å²) in [4.78, 5) is 12.5. The molecular formula is C18H11BrFN7O. The van der Waals surface area contributed by atoms with Gasteiger partial charge in [0.15, 0.2) is 0 Å². The molecule has 3 heterocycles. The lowest BCUT2D eigenvalue weighted by Gasteiger charge is -2.27. The smallest absolute Gasteiger partial charge is 0.288 e. The van der Waals surface area contributed by atoms with Crippen molar-refractivity contribution in [3.63, 3.8) is 0 Å². The van der Waals surface area contributed by atoms with Crippen LogP contribution in [0.25, 0.3) is 11.3 Å². The van der Waals surface area contributed by atoms with Gasteiger partial charge in [-0.05, 0) is 40.3 Å². The molecule has 2 N–H and O–H groups in total. The van der Waals surface area contributed by atoms with Gasteiger partial charge in [-0.1, -0.05) is 45.3 Å². The summed E-state index contributed by atoms with van der Waals surface area (Å²) in [6.07, 6.45) is 0. The summed E-state index contributed by atoms with van der Waals surface area (Å²) in [5.41, 5.74) is 2.63. The van der Waals surface area contributed by atoms with E-state index in [1.807, 2.05) is 24.3 Å². The molecular weight excluding hydrogens is 429 g/mol. The number of anilines is 2. The number of fused-ring (bicyclic) bond motifs is 2. The topological polar surface area (TPSA) is 101 Å². The van der Waals surface area contributed by atoms with E-state index in [1.165, 1.54) is 12.1 Å². The summed E-state index contributed by atoms with van der Waals surface area (Å²) < 4.78 is 16.0. The van der Waals surface area contributed by atoms with Crippen molar-refractivity contribution in [2.75, 3.05) is 5.32 Å². The van der Waals surface area contributed by atoms with Crippen molar-refractivity contribution in [2.45, 2.75) is 6.04 Å². The van der Waals surface area contributed by atoms with Crippen LogP contribution in [0.2, 0.25) is 0 Å². The first-order chi connectivity index (χ1) is 13.6. The van der Waals surface area contributed by atoms with Gasteiger partial charge < -0.3 is 5.32 Å². The Morgan fingerprint density at radius 1 is 1.07 bits per heavy atom. The van der Waals surface area contributed by atoms with Crippen molar-refractivity contribution in [3.05, 3.63) is 80.3 Å². The van der Waals surface area contributed by atoms with Crippen LogP contribution in [0.3, 0.4) is 0 Å². The van der Waals surface area contributed by atoms with Gasteiger partial charge in [-0.15, -0.1) is 0 Å². The quantitative estimate of drug-likeness (QED) is 0.438. The number of hydrogen-bond donors (Lipinski definition) is 2. The minimum Gasteiger partial charge on any atom is -0.318 e.